The number of para-hydroxylation sites is 1. The number of pyridine rings is 1. The molecule has 3 heterocycles. The van der Waals surface area contributed by atoms with Crippen molar-refractivity contribution in [3.63, 3.8) is 0 Å². The van der Waals surface area contributed by atoms with Crippen LogP contribution in [-0.4, -0.2) is 10.7 Å². The number of ether oxygens (including phenoxy) is 1. The zero-order chi connectivity index (χ0) is 26.5. The molecule has 0 amide bonds. The van der Waals surface area contributed by atoms with E-state index in [1.54, 1.807) is 0 Å². The zero-order valence-electron chi connectivity index (χ0n) is 21.9. The molecule has 1 aliphatic carbocycles. The van der Waals surface area contributed by atoms with E-state index in [0.717, 1.165) is 56.6 Å². The van der Waals surface area contributed by atoms with Gasteiger partial charge in [-0.3, -0.25) is 4.98 Å². The molecule has 1 aromatic heterocycles. The first-order valence-corrected chi connectivity index (χ1v) is 13.8. The Morgan fingerprint density at radius 3 is 2.23 bits per heavy atom. The summed E-state index contributed by atoms with van der Waals surface area (Å²) in [6, 6.07) is 40.6. The van der Waals surface area contributed by atoms with Crippen molar-refractivity contribution in [2.75, 3.05) is 0 Å². The highest BCUT2D eigenvalue weighted by molar-refractivity contribution is 6.11. The van der Waals surface area contributed by atoms with Crippen LogP contribution in [0.5, 0.6) is 11.5 Å². The largest absolute Gasteiger partial charge is 0.457 e. The molecule has 1 atom stereocenters. The second-order valence-corrected chi connectivity index (χ2v) is 10.5. The van der Waals surface area contributed by atoms with Gasteiger partial charge in [0.25, 0.3) is 0 Å². The van der Waals surface area contributed by atoms with Gasteiger partial charge in [-0.2, -0.15) is 0 Å². The molecule has 3 aliphatic rings. The number of dihydropyridines is 1. The van der Waals surface area contributed by atoms with E-state index in [1.807, 2.05) is 18.3 Å². The normalized spacial score (nSPS) is 17.8. The Kier molecular flexibility index (Phi) is 5.17. The summed E-state index contributed by atoms with van der Waals surface area (Å²) in [5, 5.41) is 2.15. The molecule has 3 nitrogen and oxygen atoms in total. The fourth-order valence-corrected chi connectivity index (χ4v) is 6.54. The molecule has 0 fully saturated rings. The molecule has 40 heavy (non-hydrogen) atoms. The lowest BCUT2D eigenvalue weighted by Crippen LogP contribution is -2.35. The first-order valence-electron chi connectivity index (χ1n) is 13.8. The molecule has 3 heteroatoms. The minimum Gasteiger partial charge on any atom is -0.457 e. The van der Waals surface area contributed by atoms with Crippen LogP contribution in [0.25, 0.3) is 11.8 Å². The molecule has 0 radical (unpaired) electrons. The Balaban J connectivity index is 1.40. The molecule has 0 saturated heterocycles. The van der Waals surface area contributed by atoms with E-state index in [2.05, 4.69) is 121 Å². The van der Waals surface area contributed by atoms with Crippen LogP contribution in [-0.2, 0) is 5.41 Å². The Labute approximate surface area is 233 Å². The van der Waals surface area contributed by atoms with Crippen LogP contribution in [0, 0.1) is 5.92 Å². The van der Waals surface area contributed by atoms with Gasteiger partial charge in [0.1, 0.15) is 11.5 Å². The van der Waals surface area contributed by atoms with Gasteiger partial charge in [-0.1, -0.05) is 97.1 Å². The Bertz CT molecular complexity index is 1920. The number of rotatable bonds is 3. The van der Waals surface area contributed by atoms with Crippen LogP contribution >= 0.6 is 0 Å². The van der Waals surface area contributed by atoms with Gasteiger partial charge in [0.2, 0.25) is 0 Å². The Morgan fingerprint density at radius 1 is 0.700 bits per heavy atom. The summed E-state index contributed by atoms with van der Waals surface area (Å²) in [4.78, 5) is 9.93. The summed E-state index contributed by atoms with van der Waals surface area (Å²) < 4.78 is 6.57. The van der Waals surface area contributed by atoms with Gasteiger partial charge < -0.3 is 4.74 Å². The Hall–Kier alpha value is -5.02. The van der Waals surface area contributed by atoms with Crippen molar-refractivity contribution in [1.29, 1.82) is 0 Å². The van der Waals surface area contributed by atoms with Gasteiger partial charge in [0.15, 0.2) is 0 Å². The van der Waals surface area contributed by atoms with E-state index in [9.17, 15) is 0 Å². The van der Waals surface area contributed by atoms with Crippen LogP contribution < -0.4 is 15.3 Å². The highest BCUT2D eigenvalue weighted by Crippen LogP contribution is 2.55. The predicted molar refractivity (Wildman–Crippen MR) is 160 cm³/mol. The third-order valence-electron chi connectivity index (χ3n) is 8.36. The highest BCUT2D eigenvalue weighted by Gasteiger charge is 2.45. The maximum atomic E-state index is 6.57. The van der Waals surface area contributed by atoms with E-state index < -0.39 is 5.41 Å². The van der Waals surface area contributed by atoms with Gasteiger partial charge in [-0.05, 0) is 59.2 Å². The zero-order valence-corrected chi connectivity index (χ0v) is 21.9. The summed E-state index contributed by atoms with van der Waals surface area (Å²) in [7, 11) is 0. The maximum absolute atomic E-state index is 6.57. The van der Waals surface area contributed by atoms with Gasteiger partial charge in [0, 0.05) is 28.8 Å². The molecule has 0 bridgehead atoms. The van der Waals surface area contributed by atoms with Crippen molar-refractivity contribution < 1.29 is 4.74 Å². The predicted octanol–water partition coefficient (Wildman–Crippen LogP) is 6.54. The molecule has 8 rings (SSSR count). The number of nitrogens with zero attached hydrogens (tertiary/aromatic N) is 2. The number of aliphatic imine (C=N–C) groups is 1. The van der Waals surface area contributed by atoms with E-state index in [0.29, 0.717) is 0 Å². The fourth-order valence-electron chi connectivity index (χ4n) is 6.54. The molecule has 5 aromatic rings. The number of hydrogen-bond acceptors (Lipinski definition) is 3. The minimum absolute atomic E-state index is 0.256. The smallest absolute Gasteiger partial charge is 0.132 e. The third kappa shape index (κ3) is 3.37. The average Bonchev–Trinajstić information content (AvgIpc) is 3.04. The van der Waals surface area contributed by atoms with Crippen molar-refractivity contribution in [3.05, 3.63) is 172 Å². The summed E-state index contributed by atoms with van der Waals surface area (Å²) in [5.41, 5.74) is 7.15. The van der Waals surface area contributed by atoms with Gasteiger partial charge >= 0.3 is 0 Å². The van der Waals surface area contributed by atoms with Gasteiger partial charge in [-0.15, -0.1) is 0 Å². The summed E-state index contributed by atoms with van der Waals surface area (Å²) >= 11 is 0. The molecule has 0 N–H and O–H groups in total. The third-order valence-corrected chi connectivity index (χ3v) is 8.36. The first kappa shape index (κ1) is 22.9. The summed E-state index contributed by atoms with van der Waals surface area (Å²) in [6.07, 6.45) is 9.52. The lowest BCUT2D eigenvalue weighted by molar-refractivity contribution is 0.434. The molecule has 0 saturated carbocycles. The molecular formula is C37H26N2O. The summed E-state index contributed by atoms with van der Waals surface area (Å²) in [5.74, 6) is 2.00. The fraction of sp³-hybridized carbons (Fsp3) is 0.0811. The monoisotopic (exact) mass is 514 g/mol. The Morgan fingerprint density at radius 2 is 1.43 bits per heavy atom. The van der Waals surface area contributed by atoms with Crippen LogP contribution in [0.1, 0.15) is 34.2 Å². The SMILES string of the molecule is C1=CC2CC=c3cccnc3=C2N=C1c1ccc2c(c1)C(c1ccccc1)(c1ccccc1)c1ccccc1O2. The molecule has 1 unspecified atom stereocenters. The highest BCUT2D eigenvalue weighted by atomic mass is 16.5. The van der Waals surface area contributed by atoms with Crippen LogP contribution in [0.15, 0.2) is 139 Å². The van der Waals surface area contributed by atoms with Crippen molar-refractivity contribution in [1.82, 2.24) is 4.98 Å². The molecule has 190 valence electrons. The second kappa shape index (κ2) is 9.03. The molecule has 0 spiro atoms. The molecule has 4 aromatic carbocycles. The molecule has 2 aliphatic heterocycles. The van der Waals surface area contributed by atoms with E-state index in [-0.39, 0.29) is 5.92 Å². The summed E-state index contributed by atoms with van der Waals surface area (Å²) in [6.45, 7) is 0. The van der Waals surface area contributed by atoms with Crippen LogP contribution in [0.2, 0.25) is 0 Å². The number of benzene rings is 4. The number of hydrogen-bond donors (Lipinski definition) is 0. The lowest BCUT2D eigenvalue weighted by atomic mass is 9.63. The topological polar surface area (TPSA) is 34.5 Å². The van der Waals surface area contributed by atoms with E-state index >= 15 is 0 Å². The van der Waals surface area contributed by atoms with Gasteiger partial charge in [-0.25, -0.2) is 4.99 Å². The quantitative estimate of drug-likeness (QED) is 0.269. The van der Waals surface area contributed by atoms with Gasteiger partial charge in [0.05, 0.1) is 22.2 Å². The minimum atomic E-state index is -0.550. The number of allylic oxidation sites excluding steroid dienone is 1. The standard InChI is InChI=1S/C37H26N2O/c1-3-11-28(12-4-1)37(29-13-5-2-6-14-29)30-15-7-8-16-33(30)40-34-22-20-27(24-31(34)37)32-21-19-26-18-17-25-10-9-23-38-35(25)36(26)39-32/h1-17,19-24,26H,18H2. The van der Waals surface area contributed by atoms with Crippen LogP contribution in [0.4, 0.5) is 0 Å². The number of aromatic nitrogens is 1. The van der Waals surface area contributed by atoms with Crippen molar-refractivity contribution in [2.24, 2.45) is 10.9 Å². The van der Waals surface area contributed by atoms with Crippen molar-refractivity contribution in [2.45, 2.75) is 11.8 Å². The van der Waals surface area contributed by atoms with Crippen LogP contribution in [0.3, 0.4) is 0 Å². The van der Waals surface area contributed by atoms with E-state index in [1.165, 1.54) is 11.1 Å². The lowest BCUT2D eigenvalue weighted by Gasteiger charge is -2.41. The first-order chi connectivity index (χ1) is 19.8. The van der Waals surface area contributed by atoms with E-state index in [4.69, 9.17) is 14.7 Å². The second-order valence-electron chi connectivity index (χ2n) is 10.5. The average molecular weight is 515 g/mol. The molecular weight excluding hydrogens is 488 g/mol. The van der Waals surface area contributed by atoms with Crippen molar-refractivity contribution >= 4 is 17.5 Å². The maximum Gasteiger partial charge on any atom is 0.132 e. The van der Waals surface area contributed by atoms with Crippen molar-refractivity contribution in [3.8, 4) is 11.5 Å². The number of fused-ring (bicyclic) bond motifs is 4.